The van der Waals surface area contributed by atoms with E-state index < -0.39 is 6.10 Å². The van der Waals surface area contributed by atoms with Gasteiger partial charge in [-0.2, -0.15) is 0 Å². The number of amides is 1. The van der Waals surface area contributed by atoms with E-state index in [1.165, 1.54) is 0 Å². The second-order valence-electron chi connectivity index (χ2n) is 4.99. The van der Waals surface area contributed by atoms with Crippen molar-refractivity contribution in [3.05, 3.63) is 53.7 Å². The van der Waals surface area contributed by atoms with Gasteiger partial charge in [0.25, 0.3) is 5.91 Å². The van der Waals surface area contributed by atoms with Crippen molar-refractivity contribution >= 4 is 11.7 Å². The van der Waals surface area contributed by atoms with Crippen LogP contribution in [0, 0.1) is 13.8 Å². The largest absolute Gasteiger partial charge is 0.481 e. The van der Waals surface area contributed by atoms with Crippen LogP contribution in [0.5, 0.6) is 5.75 Å². The molecule has 4 heteroatoms. The Morgan fingerprint density at radius 2 is 1.95 bits per heavy atom. The summed E-state index contributed by atoms with van der Waals surface area (Å²) in [4.78, 5) is 16.5. The third-order valence-corrected chi connectivity index (χ3v) is 3.21. The fourth-order valence-electron chi connectivity index (χ4n) is 1.92. The van der Waals surface area contributed by atoms with Gasteiger partial charge in [0, 0.05) is 6.20 Å². The Bertz CT molecular complexity index is 608. The van der Waals surface area contributed by atoms with Crippen molar-refractivity contribution in [2.75, 3.05) is 5.32 Å². The molecule has 1 amide bonds. The molecule has 0 aliphatic carbocycles. The van der Waals surface area contributed by atoms with Crippen LogP contribution < -0.4 is 10.1 Å². The van der Waals surface area contributed by atoms with Gasteiger partial charge in [-0.25, -0.2) is 4.98 Å². The predicted molar refractivity (Wildman–Crippen MR) is 83.5 cm³/mol. The van der Waals surface area contributed by atoms with Gasteiger partial charge in [-0.3, -0.25) is 4.79 Å². The van der Waals surface area contributed by atoms with Gasteiger partial charge in [0.05, 0.1) is 0 Å². The normalized spacial score (nSPS) is 11.8. The second-order valence-corrected chi connectivity index (χ2v) is 4.99. The summed E-state index contributed by atoms with van der Waals surface area (Å²) in [5.41, 5.74) is 2.08. The maximum atomic E-state index is 12.3. The molecule has 0 fully saturated rings. The first-order valence-electron chi connectivity index (χ1n) is 7.06. The Balaban J connectivity index is 2.05. The van der Waals surface area contributed by atoms with Gasteiger partial charge in [-0.1, -0.05) is 30.7 Å². The minimum Gasteiger partial charge on any atom is -0.481 e. The molecule has 1 heterocycles. The van der Waals surface area contributed by atoms with Gasteiger partial charge in [-0.05, 0) is 44.0 Å². The number of benzene rings is 1. The van der Waals surface area contributed by atoms with Gasteiger partial charge in [0.15, 0.2) is 6.10 Å². The summed E-state index contributed by atoms with van der Waals surface area (Å²) in [6.07, 6.45) is 1.71. The zero-order valence-electron chi connectivity index (χ0n) is 12.6. The summed E-state index contributed by atoms with van der Waals surface area (Å²) in [6.45, 7) is 5.84. The molecule has 0 saturated carbocycles. The molecule has 0 aliphatic heterocycles. The molecule has 2 aromatic rings. The number of hydrogen-bond acceptors (Lipinski definition) is 3. The Labute approximate surface area is 125 Å². The van der Waals surface area contributed by atoms with Crippen molar-refractivity contribution in [2.45, 2.75) is 33.3 Å². The fourth-order valence-corrected chi connectivity index (χ4v) is 1.92. The zero-order valence-corrected chi connectivity index (χ0v) is 12.6. The number of hydrogen-bond donors (Lipinski definition) is 1. The zero-order chi connectivity index (χ0) is 15.2. The average molecular weight is 284 g/mol. The summed E-state index contributed by atoms with van der Waals surface area (Å²) in [6, 6.07) is 11.4. The smallest absolute Gasteiger partial charge is 0.266 e. The highest BCUT2D eigenvalue weighted by molar-refractivity contribution is 5.94. The standard InChI is InChI=1S/C17H20N2O2/c1-4-15(21-14-9-7-12(2)8-10-14)17(20)19-16-13(3)6-5-11-18-16/h5-11,15H,4H2,1-3H3,(H,18,19,20). The van der Waals surface area contributed by atoms with Gasteiger partial charge < -0.3 is 10.1 Å². The highest BCUT2D eigenvalue weighted by Crippen LogP contribution is 2.16. The fraction of sp³-hybridized carbons (Fsp3) is 0.294. The van der Waals surface area contributed by atoms with Crippen LogP contribution in [0.25, 0.3) is 0 Å². The molecule has 1 atom stereocenters. The lowest BCUT2D eigenvalue weighted by Gasteiger charge is -2.17. The number of aryl methyl sites for hydroxylation is 2. The number of nitrogens with one attached hydrogen (secondary N) is 1. The van der Waals surface area contributed by atoms with E-state index in [0.717, 1.165) is 11.1 Å². The van der Waals surface area contributed by atoms with Crippen molar-refractivity contribution in [2.24, 2.45) is 0 Å². The lowest BCUT2D eigenvalue weighted by molar-refractivity contribution is -0.122. The first-order chi connectivity index (χ1) is 10.1. The van der Waals surface area contributed by atoms with Crippen LogP contribution in [0.1, 0.15) is 24.5 Å². The Kier molecular flexibility index (Phi) is 4.93. The van der Waals surface area contributed by atoms with Crippen LogP contribution in [-0.2, 0) is 4.79 Å². The topological polar surface area (TPSA) is 51.2 Å². The van der Waals surface area contributed by atoms with Crippen LogP contribution in [0.3, 0.4) is 0 Å². The summed E-state index contributed by atoms with van der Waals surface area (Å²) in [5, 5.41) is 2.82. The monoisotopic (exact) mass is 284 g/mol. The van der Waals surface area contributed by atoms with E-state index in [1.807, 2.05) is 57.2 Å². The van der Waals surface area contributed by atoms with Crippen molar-refractivity contribution in [1.82, 2.24) is 4.98 Å². The van der Waals surface area contributed by atoms with Gasteiger partial charge in [-0.15, -0.1) is 0 Å². The van der Waals surface area contributed by atoms with Gasteiger partial charge in [0.2, 0.25) is 0 Å². The number of carbonyl (C=O) groups is 1. The maximum Gasteiger partial charge on any atom is 0.266 e. The molecule has 1 aromatic carbocycles. The third-order valence-electron chi connectivity index (χ3n) is 3.21. The lowest BCUT2D eigenvalue weighted by atomic mass is 10.2. The van der Waals surface area contributed by atoms with Crippen LogP contribution in [-0.4, -0.2) is 17.0 Å². The lowest BCUT2D eigenvalue weighted by Crippen LogP contribution is -2.32. The number of aromatic nitrogens is 1. The minimum atomic E-state index is -0.533. The van der Waals surface area contributed by atoms with E-state index in [9.17, 15) is 4.79 Å². The van der Waals surface area contributed by atoms with Gasteiger partial charge >= 0.3 is 0 Å². The van der Waals surface area contributed by atoms with Crippen molar-refractivity contribution in [3.63, 3.8) is 0 Å². The van der Waals surface area contributed by atoms with Crippen molar-refractivity contribution in [1.29, 1.82) is 0 Å². The molecular formula is C17H20N2O2. The van der Waals surface area contributed by atoms with Gasteiger partial charge in [0.1, 0.15) is 11.6 Å². The molecule has 0 bridgehead atoms. The number of nitrogens with zero attached hydrogens (tertiary/aromatic N) is 1. The maximum absolute atomic E-state index is 12.3. The van der Waals surface area contributed by atoms with E-state index in [-0.39, 0.29) is 5.91 Å². The SMILES string of the molecule is CCC(Oc1ccc(C)cc1)C(=O)Nc1ncccc1C. The van der Waals surface area contributed by atoms with E-state index in [4.69, 9.17) is 4.74 Å². The summed E-state index contributed by atoms with van der Waals surface area (Å²) in [7, 11) is 0. The van der Waals surface area contributed by atoms with Crippen molar-refractivity contribution in [3.8, 4) is 5.75 Å². The average Bonchev–Trinajstić information content (AvgIpc) is 2.49. The second kappa shape index (κ2) is 6.88. The first-order valence-corrected chi connectivity index (χ1v) is 7.06. The summed E-state index contributed by atoms with van der Waals surface area (Å²) in [5.74, 6) is 1.09. The van der Waals surface area contributed by atoms with E-state index >= 15 is 0 Å². The number of pyridine rings is 1. The Hall–Kier alpha value is -2.36. The van der Waals surface area contributed by atoms with E-state index in [1.54, 1.807) is 6.20 Å². The van der Waals surface area contributed by atoms with Crippen LogP contribution in [0.2, 0.25) is 0 Å². The quantitative estimate of drug-likeness (QED) is 0.914. The summed E-state index contributed by atoms with van der Waals surface area (Å²) >= 11 is 0. The highest BCUT2D eigenvalue weighted by atomic mass is 16.5. The molecule has 1 unspecified atom stereocenters. The Morgan fingerprint density at radius 1 is 1.24 bits per heavy atom. The summed E-state index contributed by atoms with van der Waals surface area (Å²) < 4.78 is 5.75. The van der Waals surface area contributed by atoms with Crippen LogP contribution in [0.4, 0.5) is 5.82 Å². The molecule has 110 valence electrons. The van der Waals surface area contributed by atoms with E-state index in [0.29, 0.717) is 18.0 Å². The molecule has 1 aromatic heterocycles. The molecule has 0 saturated heterocycles. The molecule has 0 aliphatic rings. The molecular weight excluding hydrogens is 264 g/mol. The van der Waals surface area contributed by atoms with Crippen LogP contribution in [0.15, 0.2) is 42.6 Å². The molecule has 2 rings (SSSR count). The minimum absolute atomic E-state index is 0.181. The molecule has 4 nitrogen and oxygen atoms in total. The molecule has 0 radical (unpaired) electrons. The number of rotatable bonds is 5. The predicted octanol–water partition coefficient (Wildman–Crippen LogP) is 3.49. The third kappa shape index (κ3) is 4.05. The molecule has 21 heavy (non-hydrogen) atoms. The number of carbonyl (C=O) groups excluding carboxylic acids is 1. The molecule has 1 N–H and O–H groups in total. The Morgan fingerprint density at radius 3 is 2.57 bits per heavy atom. The van der Waals surface area contributed by atoms with E-state index in [2.05, 4.69) is 10.3 Å². The number of ether oxygens (including phenoxy) is 1. The highest BCUT2D eigenvalue weighted by Gasteiger charge is 2.19. The van der Waals surface area contributed by atoms with Crippen LogP contribution >= 0.6 is 0 Å². The van der Waals surface area contributed by atoms with Crippen molar-refractivity contribution < 1.29 is 9.53 Å². The first kappa shape index (κ1) is 15.0. The number of anilines is 1. The molecule has 0 spiro atoms.